The predicted octanol–water partition coefficient (Wildman–Crippen LogP) is 1.29. The zero-order valence-corrected chi connectivity index (χ0v) is 25.5. The molecule has 3 unspecified atom stereocenters. The molecule has 11 nitrogen and oxygen atoms in total. The first kappa shape index (κ1) is 31.5. The number of nitrogens with two attached hydrogens (primary N) is 1. The summed E-state index contributed by atoms with van der Waals surface area (Å²) in [5.74, 6) is -9.73. The first-order chi connectivity index (χ1) is 20.7. The molecule has 5 N–H and O–H groups in total. The molecule has 0 saturated heterocycles. The molecule has 2 fully saturated rings. The lowest BCUT2D eigenvalue weighted by atomic mass is 9.52. The molecule has 2 aromatic rings. The molecule has 0 radical (unpaired) electrons. The number of phenols is 1. The number of phenolic OH excluding ortho intramolecular Hbond substituents is 1. The Balaban J connectivity index is 1.61. The van der Waals surface area contributed by atoms with Gasteiger partial charge in [0.15, 0.2) is 34.7 Å². The van der Waals surface area contributed by atoms with Crippen LogP contribution in [-0.2, 0) is 32.1 Å². The maximum absolute atomic E-state index is 14.1. The first-order valence-corrected chi connectivity index (χ1v) is 14.8. The summed E-state index contributed by atoms with van der Waals surface area (Å²) in [5.41, 5.74) is 5.43. The van der Waals surface area contributed by atoms with Gasteiger partial charge in [-0.3, -0.25) is 28.9 Å². The van der Waals surface area contributed by atoms with Gasteiger partial charge in [-0.1, -0.05) is 26.0 Å². The van der Waals surface area contributed by atoms with Crippen LogP contribution >= 0.6 is 0 Å². The van der Waals surface area contributed by atoms with Crippen LogP contribution < -0.4 is 15.8 Å². The van der Waals surface area contributed by atoms with Gasteiger partial charge in [0.1, 0.15) is 11.5 Å². The molecule has 2 aromatic carbocycles. The zero-order chi connectivity index (χ0) is 32.2. The van der Waals surface area contributed by atoms with Gasteiger partial charge in [0.05, 0.1) is 24.6 Å². The van der Waals surface area contributed by atoms with Gasteiger partial charge < -0.3 is 26.0 Å². The van der Waals surface area contributed by atoms with E-state index in [9.17, 15) is 34.2 Å². The maximum Gasteiger partial charge on any atom is 0.235 e. The quantitative estimate of drug-likeness (QED) is 0.321. The SMILES string of the molecule is COc1ccc(CNCC(C)C)cc1-c1ccc(O)c2c1C[C@H]1C[C@H]3C(N(C)C)C(=O)C(C(N)=O)C(=O)[C@@]3(O)C(=O)C1C2=O. The highest BCUT2D eigenvalue weighted by Crippen LogP contribution is 2.52. The van der Waals surface area contributed by atoms with E-state index in [1.807, 2.05) is 18.2 Å². The third kappa shape index (κ3) is 4.83. The fourth-order valence-corrected chi connectivity index (χ4v) is 7.44. The fourth-order valence-electron chi connectivity index (χ4n) is 7.44. The minimum Gasteiger partial charge on any atom is -0.507 e. The van der Waals surface area contributed by atoms with Gasteiger partial charge in [0, 0.05) is 18.0 Å². The van der Waals surface area contributed by atoms with Crippen molar-refractivity contribution in [3.63, 3.8) is 0 Å². The van der Waals surface area contributed by atoms with Crippen molar-refractivity contribution in [3.05, 3.63) is 47.0 Å². The number of benzene rings is 2. The summed E-state index contributed by atoms with van der Waals surface area (Å²) in [4.78, 5) is 68.6. The minimum atomic E-state index is -2.76. The molecule has 0 aliphatic heterocycles. The maximum atomic E-state index is 14.1. The number of fused-ring (bicyclic) bond motifs is 3. The molecule has 5 rings (SSSR count). The number of methoxy groups -OCH3 is 1. The van der Waals surface area contributed by atoms with E-state index in [1.54, 1.807) is 27.3 Å². The van der Waals surface area contributed by atoms with Crippen molar-refractivity contribution in [2.45, 2.75) is 44.9 Å². The summed E-state index contributed by atoms with van der Waals surface area (Å²) < 4.78 is 5.67. The number of aliphatic hydroxyl groups is 1. The van der Waals surface area contributed by atoms with Crippen molar-refractivity contribution in [1.82, 2.24) is 10.2 Å². The number of ether oxygens (including phenoxy) is 1. The average molecular weight is 606 g/mol. The van der Waals surface area contributed by atoms with Crippen LogP contribution in [0.15, 0.2) is 30.3 Å². The molecule has 2 saturated carbocycles. The highest BCUT2D eigenvalue weighted by Gasteiger charge is 2.69. The van der Waals surface area contributed by atoms with Crippen LogP contribution in [0.25, 0.3) is 11.1 Å². The molecule has 11 heteroatoms. The average Bonchev–Trinajstić information content (AvgIpc) is 2.94. The van der Waals surface area contributed by atoms with Gasteiger partial charge in [-0.25, -0.2) is 0 Å². The van der Waals surface area contributed by atoms with Crippen molar-refractivity contribution in [1.29, 1.82) is 0 Å². The molecule has 234 valence electrons. The largest absolute Gasteiger partial charge is 0.507 e. The number of carbonyl (C=O) groups excluding carboxylic acids is 5. The minimum absolute atomic E-state index is 0.0186. The van der Waals surface area contributed by atoms with E-state index in [2.05, 4.69) is 19.2 Å². The Bertz CT molecular complexity index is 1570. The second kappa shape index (κ2) is 11.5. The van der Waals surface area contributed by atoms with E-state index < -0.39 is 64.4 Å². The molecule has 0 heterocycles. The van der Waals surface area contributed by atoms with Crippen LogP contribution in [0, 0.1) is 29.6 Å². The van der Waals surface area contributed by atoms with Crippen LogP contribution in [0.4, 0.5) is 0 Å². The monoisotopic (exact) mass is 605 g/mol. The lowest BCUT2D eigenvalue weighted by Crippen LogP contribution is -2.74. The number of hydrogen-bond donors (Lipinski definition) is 4. The smallest absolute Gasteiger partial charge is 0.235 e. The molecule has 0 aromatic heterocycles. The van der Waals surface area contributed by atoms with Crippen LogP contribution in [0.3, 0.4) is 0 Å². The second-order valence-electron chi connectivity index (χ2n) is 12.8. The number of hydrogen-bond acceptors (Lipinski definition) is 10. The number of aromatic hydroxyl groups is 1. The Morgan fingerprint density at radius 3 is 2.43 bits per heavy atom. The van der Waals surface area contributed by atoms with E-state index in [4.69, 9.17) is 10.5 Å². The summed E-state index contributed by atoms with van der Waals surface area (Å²) in [6.45, 7) is 5.67. The topological polar surface area (TPSA) is 176 Å². The fraction of sp³-hybridized carbons (Fsp3) is 0.485. The molecule has 3 aliphatic rings. The van der Waals surface area contributed by atoms with Crippen molar-refractivity contribution in [2.24, 2.45) is 35.3 Å². The zero-order valence-electron chi connectivity index (χ0n) is 25.5. The van der Waals surface area contributed by atoms with E-state index in [-0.39, 0.29) is 24.2 Å². The first-order valence-electron chi connectivity index (χ1n) is 14.8. The Morgan fingerprint density at radius 2 is 1.82 bits per heavy atom. The summed E-state index contributed by atoms with van der Waals surface area (Å²) >= 11 is 0. The number of rotatable bonds is 8. The van der Waals surface area contributed by atoms with Crippen LogP contribution in [0.5, 0.6) is 11.5 Å². The number of carbonyl (C=O) groups is 5. The molecule has 0 spiro atoms. The summed E-state index contributed by atoms with van der Waals surface area (Å²) in [5, 5.41) is 26.1. The summed E-state index contributed by atoms with van der Waals surface area (Å²) in [7, 11) is 4.66. The molecule has 1 amide bonds. The van der Waals surface area contributed by atoms with E-state index in [0.717, 1.165) is 12.1 Å². The molecule has 44 heavy (non-hydrogen) atoms. The third-order valence-corrected chi connectivity index (χ3v) is 9.38. The normalized spacial score (nSPS) is 28.1. The summed E-state index contributed by atoms with van der Waals surface area (Å²) in [6.07, 6.45) is 0.143. The van der Waals surface area contributed by atoms with Crippen molar-refractivity contribution in [2.75, 3.05) is 27.7 Å². The van der Waals surface area contributed by atoms with Gasteiger partial charge in [0.25, 0.3) is 0 Å². The Hall–Kier alpha value is -3.93. The number of ketones is 4. The van der Waals surface area contributed by atoms with Crippen LogP contribution in [-0.4, -0.2) is 83.5 Å². The van der Waals surface area contributed by atoms with Crippen LogP contribution in [0.2, 0.25) is 0 Å². The van der Waals surface area contributed by atoms with Gasteiger partial charge in [-0.05, 0) is 80.2 Å². The second-order valence-corrected chi connectivity index (χ2v) is 12.8. The number of primary amides is 1. The molecule has 6 atom stereocenters. The molecular formula is C33H39N3O8. The van der Waals surface area contributed by atoms with Gasteiger partial charge >= 0.3 is 0 Å². The lowest BCUT2D eigenvalue weighted by Gasteiger charge is -2.52. The standard InChI is InChI=1S/C33H39N3O8/c1-15(2)13-35-14-16-6-9-23(44-5)19(10-16)18-7-8-22(37)25-20(18)11-17-12-21-27(36(3)4)29(39)26(32(34)42)31(41)33(21,43)30(40)24(17)28(25)38/h6-10,15,17,21,24,26-27,35,37,43H,11-14H2,1-5H3,(H2,34,42)/t17-,21-,24?,26?,27?,33-/m0/s1. The van der Waals surface area contributed by atoms with Crippen molar-refractivity contribution >= 4 is 29.0 Å². The van der Waals surface area contributed by atoms with Gasteiger partial charge in [-0.15, -0.1) is 0 Å². The number of amides is 1. The van der Waals surface area contributed by atoms with Gasteiger partial charge in [-0.2, -0.15) is 0 Å². The van der Waals surface area contributed by atoms with Gasteiger partial charge in [0.2, 0.25) is 5.91 Å². The highest BCUT2D eigenvalue weighted by molar-refractivity contribution is 6.32. The van der Waals surface area contributed by atoms with E-state index in [1.165, 1.54) is 11.0 Å². The number of nitrogens with one attached hydrogen (secondary N) is 1. The van der Waals surface area contributed by atoms with Crippen molar-refractivity contribution in [3.8, 4) is 22.6 Å². The third-order valence-electron chi connectivity index (χ3n) is 9.38. The Morgan fingerprint density at radius 1 is 1.11 bits per heavy atom. The highest BCUT2D eigenvalue weighted by atomic mass is 16.5. The number of likely N-dealkylation sites (N-methyl/N-ethyl adjacent to an activating group) is 1. The van der Waals surface area contributed by atoms with Crippen molar-refractivity contribution < 1.29 is 38.9 Å². The number of Topliss-reactive ketones (excluding diaryl/α,β-unsaturated/α-hetero) is 4. The lowest BCUT2D eigenvalue weighted by molar-refractivity contribution is -0.181. The van der Waals surface area contributed by atoms with Crippen LogP contribution in [0.1, 0.15) is 41.8 Å². The van der Waals surface area contributed by atoms with E-state index >= 15 is 0 Å². The molecule has 3 aliphatic carbocycles. The summed E-state index contributed by atoms with van der Waals surface area (Å²) in [6, 6.07) is 7.69. The Labute approximate surface area is 255 Å². The number of nitrogens with zero attached hydrogens (tertiary/aromatic N) is 1. The predicted molar refractivity (Wildman–Crippen MR) is 160 cm³/mol. The van der Waals surface area contributed by atoms with E-state index in [0.29, 0.717) is 34.9 Å². The molecule has 0 bridgehead atoms. The Kier molecular flexibility index (Phi) is 8.25. The molecular weight excluding hydrogens is 566 g/mol.